The highest BCUT2D eigenvalue weighted by molar-refractivity contribution is 7.80. The summed E-state index contributed by atoms with van der Waals surface area (Å²) in [5, 5.41) is 11.4. The number of morpholine rings is 1. The van der Waals surface area contributed by atoms with Gasteiger partial charge in [-0.15, -0.1) is 0 Å². The molecule has 1 spiro atoms. The largest absolute Gasteiger partial charge is 0.377 e. The molecule has 2 fully saturated rings. The smallest absolute Gasteiger partial charge is 0.269 e. The molecule has 0 aliphatic carbocycles. The molecule has 3 aliphatic heterocycles. The number of carbonyl (C=O) groups excluding carboxylic acids is 2. The Balaban J connectivity index is 1.92. The summed E-state index contributed by atoms with van der Waals surface area (Å²) in [5.41, 5.74) is -0.0572. The zero-order valence-electron chi connectivity index (χ0n) is 15.6. The molecule has 0 unspecified atom stereocenters. The molecular formula is C18H20N4O5S. The third-order valence-electron chi connectivity index (χ3n) is 5.90. The average molecular weight is 404 g/mol. The fourth-order valence-electron chi connectivity index (χ4n) is 4.53. The maximum Gasteiger partial charge on any atom is 0.269 e. The topological polar surface area (TPSA) is 96.2 Å². The van der Waals surface area contributed by atoms with Gasteiger partial charge in [0.1, 0.15) is 0 Å². The Hall–Kier alpha value is -2.59. The van der Waals surface area contributed by atoms with E-state index in [0.717, 1.165) is 5.69 Å². The number of nitro groups is 1. The van der Waals surface area contributed by atoms with Gasteiger partial charge in [0.05, 0.1) is 24.2 Å². The lowest BCUT2D eigenvalue weighted by Crippen LogP contribution is -2.73. The van der Waals surface area contributed by atoms with Gasteiger partial charge in [-0.1, -0.05) is 0 Å². The molecule has 4 rings (SSSR count). The summed E-state index contributed by atoms with van der Waals surface area (Å²) in [6.45, 7) is 3.33. The van der Waals surface area contributed by atoms with Crippen molar-refractivity contribution in [3.63, 3.8) is 0 Å². The van der Waals surface area contributed by atoms with Crippen LogP contribution < -0.4 is 4.90 Å². The van der Waals surface area contributed by atoms with Crippen LogP contribution in [0, 0.1) is 15.5 Å². The number of non-ortho nitro benzene ring substituents is 1. The monoisotopic (exact) mass is 404 g/mol. The van der Waals surface area contributed by atoms with E-state index in [9.17, 15) is 19.7 Å². The molecule has 148 valence electrons. The van der Waals surface area contributed by atoms with Crippen molar-refractivity contribution in [2.45, 2.75) is 19.4 Å². The Morgan fingerprint density at radius 1 is 1.36 bits per heavy atom. The van der Waals surface area contributed by atoms with Crippen LogP contribution in [0.1, 0.15) is 12.5 Å². The molecule has 1 aromatic rings. The first-order valence-corrected chi connectivity index (χ1v) is 9.49. The second kappa shape index (κ2) is 6.49. The van der Waals surface area contributed by atoms with Crippen LogP contribution in [-0.2, 0) is 20.7 Å². The predicted octanol–water partition coefficient (Wildman–Crippen LogP) is 0.948. The lowest BCUT2D eigenvalue weighted by atomic mass is 9.68. The Labute approximate surface area is 167 Å². The van der Waals surface area contributed by atoms with Crippen LogP contribution in [0.2, 0.25) is 0 Å². The van der Waals surface area contributed by atoms with Crippen molar-refractivity contribution in [3.05, 3.63) is 33.9 Å². The van der Waals surface area contributed by atoms with Crippen molar-refractivity contribution < 1.29 is 19.2 Å². The minimum Gasteiger partial charge on any atom is -0.377 e. The fourth-order valence-corrected chi connectivity index (χ4v) is 4.82. The normalized spacial score (nSPS) is 27.1. The van der Waals surface area contributed by atoms with Gasteiger partial charge in [-0.05, 0) is 30.8 Å². The van der Waals surface area contributed by atoms with E-state index in [1.165, 1.54) is 21.9 Å². The summed E-state index contributed by atoms with van der Waals surface area (Å²) >= 11 is 5.31. The number of benzene rings is 1. The van der Waals surface area contributed by atoms with Crippen LogP contribution in [0.15, 0.2) is 18.2 Å². The third-order valence-corrected chi connectivity index (χ3v) is 6.39. The predicted molar refractivity (Wildman–Crippen MR) is 104 cm³/mol. The first kappa shape index (κ1) is 18.8. The second-order valence-electron chi connectivity index (χ2n) is 7.20. The standard InChI is InChI=1S/C18H20N4O5S/c1-3-20-16(24)18(15(23)19(2)17(20)28)9-11-8-12(22(25)26)4-5-13(11)21-6-7-27-10-14(18)21/h4-5,8,14H,3,6-7,9-10H2,1-2H3/t14-,18-/m1/s1. The summed E-state index contributed by atoms with van der Waals surface area (Å²) in [4.78, 5) is 42.6. The molecule has 9 nitrogen and oxygen atoms in total. The molecule has 2 amide bonds. The number of amides is 2. The molecule has 0 aromatic heterocycles. The minimum absolute atomic E-state index is 0.0625. The van der Waals surface area contributed by atoms with Crippen molar-refractivity contribution >= 4 is 40.5 Å². The van der Waals surface area contributed by atoms with Crippen molar-refractivity contribution in [2.75, 3.05) is 38.3 Å². The highest BCUT2D eigenvalue weighted by Gasteiger charge is 2.63. The van der Waals surface area contributed by atoms with Gasteiger partial charge in [0.2, 0.25) is 11.8 Å². The van der Waals surface area contributed by atoms with E-state index in [1.807, 2.05) is 4.90 Å². The molecule has 3 aliphatic rings. The Kier molecular flexibility index (Phi) is 4.35. The SMILES string of the molecule is CCN1C(=O)[C@@]2(Cc3cc([N+](=O)[O-])ccc3N3CCOC[C@@H]32)C(=O)N(C)C1=S. The summed E-state index contributed by atoms with van der Waals surface area (Å²) < 4.78 is 5.65. The van der Waals surface area contributed by atoms with E-state index in [1.54, 1.807) is 20.0 Å². The number of hydrogen-bond donors (Lipinski definition) is 0. The molecule has 10 heteroatoms. The minimum atomic E-state index is -1.42. The van der Waals surface area contributed by atoms with Crippen LogP contribution in [0.5, 0.6) is 0 Å². The molecule has 2 atom stereocenters. The Morgan fingerprint density at radius 2 is 2.11 bits per heavy atom. The maximum absolute atomic E-state index is 13.6. The van der Waals surface area contributed by atoms with Gasteiger partial charge in [-0.25, -0.2) is 0 Å². The summed E-state index contributed by atoms with van der Waals surface area (Å²) in [6, 6.07) is 4.12. The van der Waals surface area contributed by atoms with E-state index >= 15 is 0 Å². The molecule has 0 saturated carbocycles. The van der Waals surface area contributed by atoms with E-state index in [4.69, 9.17) is 17.0 Å². The van der Waals surface area contributed by atoms with Crippen LogP contribution in [0.3, 0.4) is 0 Å². The number of ether oxygens (including phenoxy) is 1. The number of nitro benzene ring substituents is 1. The number of anilines is 1. The van der Waals surface area contributed by atoms with E-state index in [0.29, 0.717) is 25.3 Å². The van der Waals surface area contributed by atoms with Crippen LogP contribution >= 0.6 is 12.2 Å². The Bertz CT molecular complexity index is 906. The highest BCUT2D eigenvalue weighted by atomic mass is 32.1. The first-order valence-electron chi connectivity index (χ1n) is 9.08. The van der Waals surface area contributed by atoms with Crippen LogP contribution in [-0.4, -0.2) is 71.0 Å². The molecule has 0 N–H and O–H groups in total. The number of hydrogen-bond acceptors (Lipinski definition) is 7. The van der Waals surface area contributed by atoms with Gasteiger partial charge in [0.25, 0.3) is 5.69 Å². The van der Waals surface area contributed by atoms with Crippen molar-refractivity contribution in [1.82, 2.24) is 9.80 Å². The fraction of sp³-hybridized carbons (Fsp3) is 0.500. The molecule has 0 radical (unpaired) electrons. The Morgan fingerprint density at radius 3 is 2.79 bits per heavy atom. The number of carbonyl (C=O) groups is 2. The lowest BCUT2D eigenvalue weighted by molar-refractivity contribution is -0.384. The summed E-state index contributed by atoms with van der Waals surface area (Å²) in [7, 11) is 1.57. The molecular weight excluding hydrogens is 384 g/mol. The zero-order valence-corrected chi connectivity index (χ0v) is 16.4. The maximum atomic E-state index is 13.6. The number of nitrogens with zero attached hydrogens (tertiary/aromatic N) is 4. The summed E-state index contributed by atoms with van der Waals surface area (Å²) in [5.74, 6) is -0.745. The molecule has 0 bridgehead atoms. The quantitative estimate of drug-likeness (QED) is 0.313. The van der Waals surface area contributed by atoms with Gasteiger partial charge in [0, 0.05) is 44.4 Å². The third kappa shape index (κ3) is 2.37. The number of rotatable bonds is 2. The molecule has 28 heavy (non-hydrogen) atoms. The number of fused-ring (bicyclic) bond motifs is 4. The van der Waals surface area contributed by atoms with Crippen LogP contribution in [0.4, 0.5) is 11.4 Å². The van der Waals surface area contributed by atoms with Gasteiger partial charge < -0.3 is 9.64 Å². The van der Waals surface area contributed by atoms with E-state index in [2.05, 4.69) is 0 Å². The van der Waals surface area contributed by atoms with E-state index in [-0.39, 0.29) is 35.6 Å². The second-order valence-corrected chi connectivity index (χ2v) is 7.56. The van der Waals surface area contributed by atoms with Gasteiger partial charge in [-0.3, -0.25) is 29.5 Å². The number of thiocarbonyl (C=S) groups is 1. The van der Waals surface area contributed by atoms with Gasteiger partial charge in [-0.2, -0.15) is 0 Å². The van der Waals surface area contributed by atoms with Gasteiger partial charge >= 0.3 is 0 Å². The van der Waals surface area contributed by atoms with Crippen molar-refractivity contribution in [2.24, 2.45) is 5.41 Å². The summed E-state index contributed by atoms with van der Waals surface area (Å²) in [6.07, 6.45) is 0.0790. The first-order chi connectivity index (χ1) is 13.3. The average Bonchev–Trinajstić information content (AvgIpc) is 2.70. The molecule has 3 heterocycles. The molecule has 1 aromatic carbocycles. The van der Waals surface area contributed by atoms with Crippen LogP contribution in [0.25, 0.3) is 0 Å². The molecule has 2 saturated heterocycles. The lowest BCUT2D eigenvalue weighted by Gasteiger charge is -2.55. The van der Waals surface area contributed by atoms with Crippen molar-refractivity contribution in [1.29, 1.82) is 0 Å². The van der Waals surface area contributed by atoms with Gasteiger partial charge in [0.15, 0.2) is 10.5 Å². The van der Waals surface area contributed by atoms with E-state index < -0.39 is 16.4 Å². The zero-order chi connectivity index (χ0) is 20.2. The van der Waals surface area contributed by atoms with Crippen molar-refractivity contribution in [3.8, 4) is 0 Å². The highest BCUT2D eigenvalue weighted by Crippen LogP contribution is 2.47.